The highest BCUT2D eigenvalue weighted by Crippen LogP contribution is 2.33. The Morgan fingerprint density at radius 3 is 2.45 bits per heavy atom. The molecule has 1 amide bonds. The lowest BCUT2D eigenvalue weighted by molar-refractivity contribution is -0.133. The van der Waals surface area contributed by atoms with Crippen molar-refractivity contribution >= 4 is 15.9 Å². The zero-order valence-corrected chi connectivity index (χ0v) is 22.8. The minimum atomic E-state index is -3.91. The first-order valence-electron chi connectivity index (χ1n) is 12.6. The first-order chi connectivity index (χ1) is 18.3. The second-order valence-corrected chi connectivity index (χ2v) is 11.1. The highest BCUT2D eigenvalue weighted by atomic mass is 32.2. The minimum absolute atomic E-state index is 0.149. The van der Waals surface area contributed by atoms with Crippen LogP contribution in [-0.2, 0) is 32.6 Å². The van der Waals surface area contributed by atoms with Crippen LogP contribution in [0, 0.1) is 13.8 Å². The van der Waals surface area contributed by atoms with Crippen molar-refractivity contribution < 1.29 is 31.8 Å². The third-order valence-electron chi connectivity index (χ3n) is 6.18. The molecular formula is C28H34N2O7S. The average molecular weight is 543 g/mol. The van der Waals surface area contributed by atoms with Crippen molar-refractivity contribution in [3.8, 4) is 11.5 Å². The summed E-state index contributed by atoms with van der Waals surface area (Å²) in [5.41, 5.74) is 1.78. The number of ether oxygens (including phenoxy) is 3. The summed E-state index contributed by atoms with van der Waals surface area (Å²) in [6, 6.07) is 15.8. The van der Waals surface area contributed by atoms with E-state index in [4.69, 9.17) is 18.6 Å². The molecule has 204 valence electrons. The number of carbonyl (C=O) groups excluding carboxylic acids is 1. The summed E-state index contributed by atoms with van der Waals surface area (Å²) in [4.78, 5) is 15.5. The molecule has 0 atom stereocenters. The molecule has 0 saturated heterocycles. The van der Waals surface area contributed by atoms with Crippen molar-refractivity contribution in [2.45, 2.75) is 45.2 Å². The van der Waals surface area contributed by atoms with E-state index in [1.807, 2.05) is 45.0 Å². The maximum atomic E-state index is 13.7. The molecule has 0 spiro atoms. The smallest absolute Gasteiger partial charge is 0.243 e. The van der Waals surface area contributed by atoms with Crippen molar-refractivity contribution in [1.82, 2.24) is 9.21 Å². The van der Waals surface area contributed by atoms with Crippen LogP contribution in [0.3, 0.4) is 0 Å². The highest BCUT2D eigenvalue weighted by molar-refractivity contribution is 7.89. The van der Waals surface area contributed by atoms with Gasteiger partial charge in [0.1, 0.15) is 11.5 Å². The Labute approximate surface area is 223 Å². The van der Waals surface area contributed by atoms with Gasteiger partial charge in [0.25, 0.3) is 0 Å². The van der Waals surface area contributed by atoms with Gasteiger partial charge in [-0.3, -0.25) is 4.79 Å². The van der Waals surface area contributed by atoms with E-state index < -0.39 is 10.0 Å². The van der Waals surface area contributed by atoms with Crippen molar-refractivity contribution in [2.75, 3.05) is 33.1 Å². The fourth-order valence-corrected chi connectivity index (χ4v) is 5.56. The van der Waals surface area contributed by atoms with Crippen LogP contribution in [0.15, 0.2) is 63.9 Å². The third kappa shape index (κ3) is 6.94. The van der Waals surface area contributed by atoms with Gasteiger partial charge in [-0.1, -0.05) is 23.8 Å². The van der Waals surface area contributed by atoms with Crippen LogP contribution in [0.2, 0.25) is 0 Å². The van der Waals surface area contributed by atoms with Gasteiger partial charge in [0.15, 0.2) is 11.5 Å². The quantitative estimate of drug-likeness (QED) is 0.298. The summed E-state index contributed by atoms with van der Waals surface area (Å²) in [5.74, 6) is 2.26. The van der Waals surface area contributed by atoms with Crippen LogP contribution in [-0.4, -0.2) is 56.6 Å². The van der Waals surface area contributed by atoms with Crippen LogP contribution in [0.25, 0.3) is 0 Å². The maximum Gasteiger partial charge on any atom is 0.243 e. The lowest BCUT2D eigenvalue weighted by Crippen LogP contribution is -2.43. The van der Waals surface area contributed by atoms with E-state index in [1.165, 1.54) is 4.31 Å². The first-order valence-corrected chi connectivity index (χ1v) is 14.1. The van der Waals surface area contributed by atoms with Gasteiger partial charge in [-0.05, 0) is 69.2 Å². The Balaban J connectivity index is 1.58. The van der Waals surface area contributed by atoms with E-state index >= 15 is 0 Å². The monoisotopic (exact) mass is 542 g/mol. The minimum Gasteiger partial charge on any atom is -0.464 e. The molecule has 2 heterocycles. The average Bonchev–Trinajstić information content (AvgIpc) is 3.53. The zero-order chi connectivity index (χ0) is 27.1. The molecule has 38 heavy (non-hydrogen) atoms. The molecule has 1 aromatic heterocycles. The standard InChI is InChI=1S/C28H34N2O7S/c1-4-34-15-5-14-30(38(32,33)25-11-6-21(2)7-12-25)19-28(31)29(18-24-10-8-22(3)37-24)17-23-9-13-26-27(16-23)36-20-35-26/h6-13,16H,4-5,14-15,17-20H2,1-3H3. The van der Waals surface area contributed by atoms with Crippen LogP contribution in [0.5, 0.6) is 11.5 Å². The lowest BCUT2D eigenvalue weighted by atomic mass is 10.2. The number of hydrogen-bond donors (Lipinski definition) is 0. The number of carbonyl (C=O) groups is 1. The predicted octanol–water partition coefficient (Wildman–Crippen LogP) is 4.27. The molecule has 1 aliphatic rings. The van der Waals surface area contributed by atoms with E-state index in [2.05, 4.69) is 0 Å². The van der Waals surface area contributed by atoms with Gasteiger partial charge in [-0.25, -0.2) is 8.42 Å². The second kappa shape index (κ2) is 12.5. The Morgan fingerprint density at radius 2 is 1.74 bits per heavy atom. The number of hydrogen-bond acceptors (Lipinski definition) is 7. The van der Waals surface area contributed by atoms with E-state index in [1.54, 1.807) is 35.2 Å². The summed E-state index contributed by atoms with van der Waals surface area (Å²) in [5, 5.41) is 0. The number of furan rings is 1. The number of amides is 1. The normalized spacial score (nSPS) is 12.7. The second-order valence-electron chi connectivity index (χ2n) is 9.15. The summed E-state index contributed by atoms with van der Waals surface area (Å²) in [6.07, 6.45) is 0.464. The Kier molecular flexibility index (Phi) is 9.09. The number of aryl methyl sites for hydroxylation is 2. The van der Waals surface area contributed by atoms with Crippen LogP contribution in [0.4, 0.5) is 0 Å². The molecular weight excluding hydrogens is 508 g/mol. The summed E-state index contributed by atoms with van der Waals surface area (Å²) < 4.78 is 50.4. The fraction of sp³-hybridized carbons (Fsp3) is 0.393. The molecule has 0 fully saturated rings. The predicted molar refractivity (Wildman–Crippen MR) is 141 cm³/mol. The molecule has 0 N–H and O–H groups in total. The third-order valence-corrected chi connectivity index (χ3v) is 8.04. The van der Waals surface area contributed by atoms with Gasteiger partial charge in [-0.15, -0.1) is 0 Å². The van der Waals surface area contributed by atoms with E-state index in [0.717, 1.165) is 16.9 Å². The van der Waals surface area contributed by atoms with Gasteiger partial charge in [-0.2, -0.15) is 4.31 Å². The van der Waals surface area contributed by atoms with E-state index in [-0.39, 0.29) is 43.8 Å². The number of sulfonamides is 1. The summed E-state index contributed by atoms with van der Waals surface area (Å²) in [6.45, 7) is 6.98. The van der Waals surface area contributed by atoms with E-state index in [9.17, 15) is 13.2 Å². The zero-order valence-electron chi connectivity index (χ0n) is 22.0. The van der Waals surface area contributed by atoms with Gasteiger partial charge in [0, 0.05) is 26.3 Å². The van der Waals surface area contributed by atoms with Gasteiger partial charge in [0.05, 0.1) is 18.0 Å². The molecule has 9 nitrogen and oxygen atoms in total. The topological polar surface area (TPSA) is 98.5 Å². The number of benzene rings is 2. The Bertz CT molecular complexity index is 1340. The molecule has 0 unspecified atom stereocenters. The van der Waals surface area contributed by atoms with E-state index in [0.29, 0.717) is 36.9 Å². The molecule has 0 saturated carbocycles. The van der Waals surface area contributed by atoms with Crippen molar-refractivity contribution in [1.29, 1.82) is 0 Å². The van der Waals surface area contributed by atoms with Crippen molar-refractivity contribution in [2.24, 2.45) is 0 Å². The Morgan fingerprint density at radius 1 is 0.974 bits per heavy atom. The SMILES string of the molecule is CCOCCCN(CC(=O)N(Cc1ccc2c(c1)OCO2)Cc1ccc(C)o1)S(=O)(=O)c1ccc(C)cc1. The van der Waals surface area contributed by atoms with Gasteiger partial charge >= 0.3 is 0 Å². The molecule has 0 radical (unpaired) electrons. The highest BCUT2D eigenvalue weighted by Gasteiger charge is 2.29. The largest absolute Gasteiger partial charge is 0.464 e. The van der Waals surface area contributed by atoms with Gasteiger partial charge < -0.3 is 23.5 Å². The number of nitrogens with zero attached hydrogens (tertiary/aromatic N) is 2. The number of fused-ring (bicyclic) bond motifs is 1. The van der Waals surface area contributed by atoms with Gasteiger partial charge in [0.2, 0.25) is 22.7 Å². The molecule has 4 rings (SSSR count). The first kappa shape index (κ1) is 27.7. The molecule has 0 bridgehead atoms. The summed E-state index contributed by atoms with van der Waals surface area (Å²) in [7, 11) is -3.91. The van der Waals surface area contributed by atoms with Crippen LogP contribution in [0.1, 0.15) is 36.0 Å². The molecule has 10 heteroatoms. The molecule has 0 aliphatic carbocycles. The number of rotatable bonds is 13. The van der Waals surface area contributed by atoms with Crippen LogP contribution >= 0.6 is 0 Å². The molecule has 3 aromatic rings. The lowest BCUT2D eigenvalue weighted by Gasteiger charge is -2.27. The maximum absolute atomic E-state index is 13.7. The summed E-state index contributed by atoms with van der Waals surface area (Å²) >= 11 is 0. The molecule has 1 aliphatic heterocycles. The Hall–Kier alpha value is -3.34. The van der Waals surface area contributed by atoms with Crippen LogP contribution < -0.4 is 9.47 Å². The fourth-order valence-electron chi connectivity index (χ4n) is 4.13. The molecule has 2 aromatic carbocycles. The van der Waals surface area contributed by atoms with Crippen molar-refractivity contribution in [3.63, 3.8) is 0 Å². The van der Waals surface area contributed by atoms with Crippen molar-refractivity contribution in [3.05, 3.63) is 77.2 Å².